The average Bonchev–Trinajstić information content (AvgIpc) is 2.81. The number of nitrogens with one attached hydrogen (secondary N) is 1. The Morgan fingerprint density at radius 1 is 1.50 bits per heavy atom. The van der Waals surface area contributed by atoms with Crippen LogP contribution >= 0.6 is 0 Å². The molecule has 18 heavy (non-hydrogen) atoms. The molecule has 0 aliphatic heterocycles. The smallest absolute Gasteiger partial charge is 0.311 e. The second-order valence-electron chi connectivity index (χ2n) is 3.59. The van der Waals surface area contributed by atoms with Gasteiger partial charge < -0.3 is 15.6 Å². The first kappa shape index (κ1) is 11.8. The minimum absolute atomic E-state index is 0.0902. The molecular weight excluding hydrogens is 236 g/mol. The molecule has 8 nitrogen and oxygen atoms in total. The molecule has 0 aliphatic carbocycles. The Hall–Kier alpha value is -2.64. The van der Waals surface area contributed by atoms with E-state index in [-0.39, 0.29) is 11.5 Å². The maximum absolute atomic E-state index is 10.6. The molecule has 0 aliphatic rings. The van der Waals surface area contributed by atoms with Gasteiger partial charge in [0.25, 0.3) is 0 Å². The first-order chi connectivity index (χ1) is 8.66. The third kappa shape index (κ3) is 2.73. The van der Waals surface area contributed by atoms with Crippen LogP contribution in [0.3, 0.4) is 0 Å². The number of aromatic nitrogens is 3. The van der Waals surface area contributed by atoms with Gasteiger partial charge in [0.05, 0.1) is 11.3 Å². The maximum atomic E-state index is 10.6. The Labute approximate surface area is 103 Å². The molecule has 3 N–H and O–H groups in total. The van der Waals surface area contributed by atoms with Gasteiger partial charge >= 0.3 is 5.69 Å². The summed E-state index contributed by atoms with van der Waals surface area (Å²) in [4.78, 5) is 17.8. The van der Waals surface area contributed by atoms with Crippen molar-refractivity contribution in [3.05, 3.63) is 41.0 Å². The van der Waals surface area contributed by atoms with Crippen LogP contribution in [0.4, 0.5) is 17.3 Å². The highest BCUT2D eigenvalue weighted by Gasteiger charge is 2.12. The van der Waals surface area contributed by atoms with E-state index in [1.807, 2.05) is 10.8 Å². The number of imidazole rings is 1. The Balaban J connectivity index is 1.94. The highest BCUT2D eigenvalue weighted by molar-refractivity contribution is 5.57. The fourth-order valence-corrected chi connectivity index (χ4v) is 1.45. The predicted molar refractivity (Wildman–Crippen MR) is 66.0 cm³/mol. The van der Waals surface area contributed by atoms with Gasteiger partial charge in [-0.1, -0.05) is 0 Å². The molecule has 0 unspecified atom stereocenters. The number of hydrogen-bond acceptors (Lipinski definition) is 6. The van der Waals surface area contributed by atoms with Crippen LogP contribution in [-0.2, 0) is 6.54 Å². The molecule has 0 amide bonds. The molecule has 0 saturated carbocycles. The van der Waals surface area contributed by atoms with Crippen LogP contribution in [0.15, 0.2) is 30.9 Å². The van der Waals surface area contributed by atoms with Crippen molar-refractivity contribution >= 4 is 17.3 Å². The molecule has 0 fully saturated rings. The Kier molecular flexibility index (Phi) is 3.37. The molecule has 0 saturated heterocycles. The van der Waals surface area contributed by atoms with E-state index in [9.17, 15) is 10.1 Å². The summed E-state index contributed by atoms with van der Waals surface area (Å²) in [5, 5.41) is 13.6. The van der Waals surface area contributed by atoms with E-state index in [1.165, 1.54) is 12.1 Å². The number of anilines is 2. The molecule has 94 valence electrons. The van der Waals surface area contributed by atoms with Crippen molar-refractivity contribution in [2.45, 2.75) is 6.54 Å². The minimum Gasteiger partial charge on any atom is -0.378 e. The van der Waals surface area contributed by atoms with E-state index < -0.39 is 4.92 Å². The van der Waals surface area contributed by atoms with Crippen LogP contribution in [0.25, 0.3) is 0 Å². The van der Waals surface area contributed by atoms with Crippen LogP contribution in [0, 0.1) is 10.1 Å². The molecule has 8 heteroatoms. The minimum atomic E-state index is -0.558. The monoisotopic (exact) mass is 248 g/mol. The Bertz CT molecular complexity index is 539. The van der Waals surface area contributed by atoms with E-state index in [0.717, 1.165) is 6.54 Å². The number of nitrogens with zero attached hydrogens (tertiary/aromatic N) is 4. The molecular formula is C10H12N6O2. The van der Waals surface area contributed by atoms with Gasteiger partial charge in [0, 0.05) is 31.5 Å². The largest absolute Gasteiger partial charge is 0.378 e. The van der Waals surface area contributed by atoms with Crippen molar-refractivity contribution in [3.8, 4) is 0 Å². The Morgan fingerprint density at radius 2 is 2.33 bits per heavy atom. The van der Waals surface area contributed by atoms with Crippen LogP contribution in [0.2, 0.25) is 0 Å². The number of rotatable bonds is 5. The maximum Gasteiger partial charge on any atom is 0.311 e. The van der Waals surface area contributed by atoms with E-state index >= 15 is 0 Å². The lowest BCUT2D eigenvalue weighted by molar-refractivity contribution is -0.384. The zero-order valence-corrected chi connectivity index (χ0v) is 9.48. The summed E-state index contributed by atoms with van der Waals surface area (Å²) in [5.74, 6) is 0.422. The lowest BCUT2D eigenvalue weighted by Crippen LogP contribution is -2.11. The number of nitrogen functional groups attached to an aromatic ring is 1. The highest BCUT2D eigenvalue weighted by Crippen LogP contribution is 2.20. The highest BCUT2D eigenvalue weighted by atomic mass is 16.6. The molecule has 0 radical (unpaired) electrons. The number of pyridine rings is 1. The molecule has 2 rings (SSSR count). The van der Waals surface area contributed by atoms with E-state index in [2.05, 4.69) is 15.3 Å². The first-order valence-electron chi connectivity index (χ1n) is 5.27. The number of hydrogen-bond donors (Lipinski definition) is 2. The van der Waals surface area contributed by atoms with E-state index in [4.69, 9.17) is 5.73 Å². The van der Waals surface area contributed by atoms with Crippen molar-refractivity contribution < 1.29 is 4.92 Å². The predicted octanol–water partition coefficient (Wildman–Crippen LogP) is 0.881. The molecule has 0 bridgehead atoms. The fraction of sp³-hybridized carbons (Fsp3) is 0.200. The normalized spacial score (nSPS) is 10.2. The van der Waals surface area contributed by atoms with Gasteiger partial charge in [0.1, 0.15) is 5.82 Å². The first-order valence-corrected chi connectivity index (χ1v) is 5.27. The summed E-state index contributed by atoms with van der Waals surface area (Å²) in [5.41, 5.74) is 5.30. The summed E-state index contributed by atoms with van der Waals surface area (Å²) in [6.45, 7) is 1.35. The summed E-state index contributed by atoms with van der Waals surface area (Å²) < 4.78 is 1.90. The molecule has 0 atom stereocenters. The number of nitro groups is 1. The van der Waals surface area contributed by atoms with Crippen LogP contribution < -0.4 is 11.1 Å². The lowest BCUT2D eigenvalue weighted by atomic mass is 10.4. The van der Waals surface area contributed by atoms with Gasteiger partial charge in [-0.15, -0.1) is 0 Å². The van der Waals surface area contributed by atoms with E-state index in [1.54, 1.807) is 12.5 Å². The van der Waals surface area contributed by atoms with Gasteiger partial charge in [-0.25, -0.2) is 9.97 Å². The third-order valence-electron chi connectivity index (χ3n) is 2.33. The van der Waals surface area contributed by atoms with Crippen molar-refractivity contribution in [1.82, 2.24) is 14.5 Å². The van der Waals surface area contributed by atoms with E-state index in [0.29, 0.717) is 12.4 Å². The zero-order chi connectivity index (χ0) is 13.0. The average molecular weight is 248 g/mol. The third-order valence-corrected chi connectivity index (χ3v) is 2.33. The quantitative estimate of drug-likeness (QED) is 0.600. The summed E-state index contributed by atoms with van der Waals surface area (Å²) in [7, 11) is 0. The second-order valence-corrected chi connectivity index (χ2v) is 3.59. The van der Waals surface area contributed by atoms with Gasteiger partial charge in [-0.05, 0) is 6.07 Å². The van der Waals surface area contributed by atoms with Gasteiger partial charge in [-0.2, -0.15) is 0 Å². The zero-order valence-electron chi connectivity index (χ0n) is 9.48. The van der Waals surface area contributed by atoms with Crippen LogP contribution in [-0.4, -0.2) is 26.0 Å². The van der Waals surface area contributed by atoms with Crippen LogP contribution in [0.5, 0.6) is 0 Å². The van der Waals surface area contributed by atoms with Gasteiger partial charge in [-0.3, -0.25) is 10.1 Å². The molecule has 2 aromatic rings. The molecule has 2 heterocycles. The van der Waals surface area contributed by atoms with Gasteiger partial charge in [0.15, 0.2) is 0 Å². The van der Waals surface area contributed by atoms with Crippen molar-refractivity contribution in [2.75, 3.05) is 17.6 Å². The molecule has 0 spiro atoms. The van der Waals surface area contributed by atoms with Crippen LogP contribution in [0.1, 0.15) is 0 Å². The second kappa shape index (κ2) is 5.13. The molecule has 0 aromatic carbocycles. The van der Waals surface area contributed by atoms with Crippen molar-refractivity contribution in [1.29, 1.82) is 0 Å². The lowest BCUT2D eigenvalue weighted by Gasteiger charge is -2.06. The molecule has 2 aromatic heterocycles. The summed E-state index contributed by atoms with van der Waals surface area (Å²) in [6, 6.07) is 2.87. The Morgan fingerprint density at radius 3 is 2.94 bits per heavy atom. The van der Waals surface area contributed by atoms with Gasteiger partial charge in [0.2, 0.25) is 5.82 Å². The van der Waals surface area contributed by atoms with Crippen molar-refractivity contribution in [2.24, 2.45) is 0 Å². The summed E-state index contributed by atoms with van der Waals surface area (Å²) >= 11 is 0. The summed E-state index contributed by atoms with van der Waals surface area (Å²) in [6.07, 6.45) is 5.25. The number of nitrogens with two attached hydrogens (primary N) is 1. The van der Waals surface area contributed by atoms with Crippen molar-refractivity contribution in [3.63, 3.8) is 0 Å². The topological polar surface area (TPSA) is 112 Å². The fourth-order valence-electron chi connectivity index (χ4n) is 1.45. The SMILES string of the molecule is Nc1nc(NCCn2ccnc2)ccc1[N+](=O)[O-]. The standard InChI is InChI=1S/C10H12N6O2/c11-10-8(16(17)18)1-2-9(14-10)13-4-6-15-5-3-12-7-15/h1-3,5,7H,4,6H2,(H3,11,13,14).